The Labute approximate surface area is 86.6 Å². The summed E-state index contributed by atoms with van der Waals surface area (Å²) in [4.78, 5) is 1.20. The molecule has 0 aromatic carbocycles. The summed E-state index contributed by atoms with van der Waals surface area (Å²) in [6.45, 7) is 0.590. The molecule has 0 atom stereocenters. The summed E-state index contributed by atoms with van der Waals surface area (Å²) in [6.07, 6.45) is 3.95. The molecule has 0 radical (unpaired) electrons. The average Bonchev–Trinajstić information content (AvgIpc) is 2.28. The van der Waals surface area contributed by atoms with E-state index in [4.69, 9.17) is 5.73 Å². The van der Waals surface area contributed by atoms with Gasteiger partial charge in [0.05, 0.1) is 3.79 Å². The van der Waals surface area contributed by atoms with E-state index in [9.17, 15) is 0 Å². The van der Waals surface area contributed by atoms with E-state index in [1.54, 1.807) is 11.3 Å². The molecule has 2 N–H and O–H groups in total. The summed E-state index contributed by atoms with van der Waals surface area (Å²) in [7, 11) is 0. The first kappa shape index (κ1) is 9.45. The molecule has 1 aromatic rings. The van der Waals surface area contributed by atoms with Crippen molar-refractivity contribution in [3.05, 3.63) is 25.3 Å². The van der Waals surface area contributed by atoms with Crippen LogP contribution in [0.5, 0.6) is 0 Å². The maximum absolute atomic E-state index is 5.32. The second kappa shape index (κ2) is 4.40. The Balaban J connectivity index is 2.80. The van der Waals surface area contributed by atoms with Gasteiger partial charge in [0, 0.05) is 15.9 Å². The standard InChI is InChI=1S/C7H7Br2NS/c8-6-4-5(2-1-3-10)11-7(6)9/h1-2,4H,3,10H2/b2-1+. The molecule has 0 bridgehead atoms. The monoisotopic (exact) mass is 295 g/mol. The Morgan fingerprint density at radius 3 is 2.73 bits per heavy atom. The van der Waals surface area contributed by atoms with E-state index in [1.807, 2.05) is 12.2 Å². The van der Waals surface area contributed by atoms with Crippen molar-refractivity contribution < 1.29 is 0 Å². The molecule has 0 aliphatic rings. The van der Waals surface area contributed by atoms with Gasteiger partial charge in [-0.1, -0.05) is 6.08 Å². The molecule has 0 aliphatic heterocycles. The Morgan fingerprint density at radius 2 is 2.27 bits per heavy atom. The van der Waals surface area contributed by atoms with E-state index in [1.165, 1.54) is 4.88 Å². The van der Waals surface area contributed by atoms with Gasteiger partial charge in [-0.2, -0.15) is 0 Å². The molecule has 0 saturated carbocycles. The molecule has 0 fully saturated rings. The molecule has 0 aliphatic carbocycles. The van der Waals surface area contributed by atoms with Crippen LogP contribution >= 0.6 is 43.2 Å². The van der Waals surface area contributed by atoms with Gasteiger partial charge < -0.3 is 5.73 Å². The zero-order valence-corrected chi connectivity index (χ0v) is 9.67. The maximum Gasteiger partial charge on any atom is 0.0846 e. The largest absolute Gasteiger partial charge is 0.327 e. The number of nitrogens with two attached hydrogens (primary N) is 1. The lowest BCUT2D eigenvalue weighted by atomic mass is 10.4. The second-order valence-electron chi connectivity index (χ2n) is 1.91. The van der Waals surface area contributed by atoms with Gasteiger partial charge in [0.25, 0.3) is 0 Å². The molecular formula is C7H7Br2NS. The number of hydrogen-bond donors (Lipinski definition) is 1. The third-order valence-corrected chi connectivity index (χ3v) is 4.30. The maximum atomic E-state index is 5.32. The van der Waals surface area contributed by atoms with Gasteiger partial charge in [-0.25, -0.2) is 0 Å². The molecule has 0 saturated heterocycles. The highest BCUT2D eigenvalue weighted by molar-refractivity contribution is 9.13. The quantitative estimate of drug-likeness (QED) is 0.891. The predicted octanol–water partition coefficient (Wildman–Crippen LogP) is 3.25. The fourth-order valence-corrected chi connectivity index (χ4v) is 2.65. The molecule has 11 heavy (non-hydrogen) atoms. The Kier molecular flexibility index (Phi) is 3.78. The molecule has 0 spiro atoms. The summed E-state index contributed by atoms with van der Waals surface area (Å²) >= 11 is 8.50. The van der Waals surface area contributed by atoms with Gasteiger partial charge in [0.1, 0.15) is 0 Å². The lowest BCUT2D eigenvalue weighted by Gasteiger charge is -1.79. The van der Waals surface area contributed by atoms with E-state index in [0.717, 1.165) is 8.26 Å². The molecule has 0 amide bonds. The molecule has 1 aromatic heterocycles. The highest BCUT2D eigenvalue weighted by Crippen LogP contribution is 2.32. The molecule has 0 unspecified atom stereocenters. The summed E-state index contributed by atoms with van der Waals surface area (Å²) in [6, 6.07) is 2.06. The van der Waals surface area contributed by atoms with Crippen molar-refractivity contribution in [3.63, 3.8) is 0 Å². The smallest absolute Gasteiger partial charge is 0.0846 e. The predicted molar refractivity (Wildman–Crippen MR) is 57.8 cm³/mol. The van der Waals surface area contributed by atoms with Crippen LogP contribution in [0.4, 0.5) is 0 Å². The normalized spacial score (nSPS) is 11.2. The fourth-order valence-electron chi connectivity index (χ4n) is 0.630. The summed E-state index contributed by atoms with van der Waals surface area (Å²) in [5, 5.41) is 0. The van der Waals surface area contributed by atoms with Crippen LogP contribution in [0.15, 0.2) is 20.4 Å². The lowest BCUT2D eigenvalue weighted by Crippen LogP contribution is -1.91. The van der Waals surface area contributed by atoms with Crippen LogP contribution in [0.25, 0.3) is 6.08 Å². The Hall–Kier alpha value is 0.360. The molecule has 4 heteroatoms. The minimum absolute atomic E-state index is 0.590. The summed E-state index contributed by atoms with van der Waals surface area (Å²) < 4.78 is 2.22. The third-order valence-electron chi connectivity index (χ3n) is 1.08. The minimum atomic E-state index is 0.590. The van der Waals surface area contributed by atoms with Gasteiger partial charge in [0.15, 0.2) is 0 Å². The van der Waals surface area contributed by atoms with Crippen LogP contribution in [0.3, 0.4) is 0 Å². The minimum Gasteiger partial charge on any atom is -0.327 e. The highest BCUT2D eigenvalue weighted by atomic mass is 79.9. The van der Waals surface area contributed by atoms with Crippen LogP contribution in [0.2, 0.25) is 0 Å². The van der Waals surface area contributed by atoms with E-state index in [0.29, 0.717) is 6.54 Å². The van der Waals surface area contributed by atoms with Gasteiger partial charge >= 0.3 is 0 Å². The van der Waals surface area contributed by atoms with Gasteiger partial charge in [-0.3, -0.25) is 0 Å². The molecule has 1 rings (SSSR count). The van der Waals surface area contributed by atoms with Crippen LogP contribution < -0.4 is 5.73 Å². The third kappa shape index (κ3) is 2.71. The van der Waals surface area contributed by atoms with Crippen molar-refractivity contribution in [2.24, 2.45) is 5.73 Å². The van der Waals surface area contributed by atoms with Crippen molar-refractivity contribution >= 4 is 49.3 Å². The van der Waals surface area contributed by atoms with Gasteiger partial charge in [0.2, 0.25) is 0 Å². The van der Waals surface area contributed by atoms with E-state index < -0.39 is 0 Å². The van der Waals surface area contributed by atoms with Gasteiger partial charge in [-0.15, -0.1) is 11.3 Å². The van der Waals surface area contributed by atoms with Crippen molar-refractivity contribution in [3.8, 4) is 0 Å². The molecule has 1 nitrogen and oxygen atoms in total. The van der Waals surface area contributed by atoms with Crippen molar-refractivity contribution in [2.75, 3.05) is 6.54 Å². The fraction of sp³-hybridized carbons (Fsp3) is 0.143. The number of rotatable bonds is 2. The lowest BCUT2D eigenvalue weighted by molar-refractivity contribution is 1.26. The molecule has 60 valence electrons. The first-order valence-corrected chi connectivity index (χ1v) is 5.45. The molecular weight excluding hydrogens is 290 g/mol. The number of hydrogen-bond acceptors (Lipinski definition) is 2. The molecule has 1 heterocycles. The Bertz CT molecular complexity index is 248. The summed E-state index contributed by atoms with van der Waals surface area (Å²) in [5.41, 5.74) is 5.32. The zero-order chi connectivity index (χ0) is 8.27. The SMILES string of the molecule is NC/C=C/c1cc(Br)c(Br)s1. The average molecular weight is 297 g/mol. The van der Waals surface area contributed by atoms with Crippen LogP contribution in [0.1, 0.15) is 4.88 Å². The van der Waals surface area contributed by atoms with E-state index >= 15 is 0 Å². The van der Waals surface area contributed by atoms with Crippen LogP contribution in [0, 0.1) is 0 Å². The second-order valence-corrected chi connectivity index (χ2v) is 5.16. The Morgan fingerprint density at radius 1 is 1.55 bits per heavy atom. The number of halogens is 2. The van der Waals surface area contributed by atoms with Crippen LogP contribution in [-0.4, -0.2) is 6.54 Å². The topological polar surface area (TPSA) is 26.0 Å². The highest BCUT2D eigenvalue weighted by Gasteiger charge is 1.99. The zero-order valence-electron chi connectivity index (χ0n) is 5.68. The summed E-state index contributed by atoms with van der Waals surface area (Å²) in [5.74, 6) is 0. The van der Waals surface area contributed by atoms with E-state index in [2.05, 4.69) is 37.9 Å². The van der Waals surface area contributed by atoms with Crippen molar-refractivity contribution in [1.82, 2.24) is 0 Å². The first-order chi connectivity index (χ1) is 5.24. The first-order valence-electron chi connectivity index (χ1n) is 3.05. The van der Waals surface area contributed by atoms with E-state index in [-0.39, 0.29) is 0 Å². The van der Waals surface area contributed by atoms with Crippen LogP contribution in [-0.2, 0) is 0 Å². The van der Waals surface area contributed by atoms with Crippen molar-refractivity contribution in [2.45, 2.75) is 0 Å². The van der Waals surface area contributed by atoms with Crippen molar-refractivity contribution in [1.29, 1.82) is 0 Å². The number of thiophene rings is 1. The van der Waals surface area contributed by atoms with Gasteiger partial charge in [-0.05, 0) is 44.0 Å².